The van der Waals surface area contributed by atoms with Crippen molar-refractivity contribution < 1.29 is 9.90 Å². The molecule has 0 amide bonds. The van der Waals surface area contributed by atoms with E-state index in [9.17, 15) is 4.79 Å². The van der Waals surface area contributed by atoms with Crippen molar-refractivity contribution in [3.63, 3.8) is 0 Å². The Labute approximate surface area is 131 Å². The number of aromatic nitrogens is 3. The lowest BCUT2D eigenvalue weighted by molar-refractivity contribution is -0.133. The number of hydrogen-bond donors (Lipinski definition) is 1. The molecule has 2 aromatic rings. The van der Waals surface area contributed by atoms with Crippen LogP contribution >= 0.6 is 50.9 Å². The summed E-state index contributed by atoms with van der Waals surface area (Å²) in [6.07, 6.45) is 1.44. The molecule has 0 aliphatic carbocycles. The smallest absolute Gasteiger partial charge is 0.313 e. The van der Waals surface area contributed by atoms with Crippen molar-refractivity contribution in [1.29, 1.82) is 0 Å². The molecule has 2 rings (SSSR count). The lowest BCUT2D eigenvalue weighted by Crippen LogP contribution is -2.02. The monoisotopic (exact) mass is 381 g/mol. The zero-order valence-corrected chi connectivity index (χ0v) is 13.1. The summed E-state index contributed by atoms with van der Waals surface area (Å²) >= 11 is 16.6. The molecule has 1 aromatic heterocycles. The van der Waals surface area contributed by atoms with Crippen LogP contribution in [0.2, 0.25) is 10.0 Å². The Hall–Kier alpha value is -0.760. The summed E-state index contributed by atoms with van der Waals surface area (Å²) in [5.74, 6) is -1.06. The van der Waals surface area contributed by atoms with E-state index in [1.807, 2.05) is 0 Å². The predicted molar refractivity (Wildman–Crippen MR) is 77.4 cm³/mol. The largest absolute Gasteiger partial charge is 0.481 e. The molecule has 0 aliphatic rings. The second-order valence-corrected chi connectivity index (χ2v) is 6.06. The standard InChI is InChI=1S/C10H6BrCl2N3O2S/c11-5-1-6(12)9(7(13)2-5)16-4-14-15-10(16)19-3-8(17)18/h1-2,4H,3H2,(H,17,18). The van der Waals surface area contributed by atoms with E-state index in [1.165, 1.54) is 6.33 Å². The van der Waals surface area contributed by atoms with Gasteiger partial charge in [0.15, 0.2) is 5.16 Å². The summed E-state index contributed by atoms with van der Waals surface area (Å²) in [6.45, 7) is 0. The highest BCUT2D eigenvalue weighted by molar-refractivity contribution is 9.10. The molecule has 0 bridgehead atoms. The summed E-state index contributed by atoms with van der Waals surface area (Å²) in [5, 5.41) is 17.5. The van der Waals surface area contributed by atoms with Gasteiger partial charge in [-0.2, -0.15) is 0 Å². The van der Waals surface area contributed by atoms with Crippen molar-refractivity contribution in [3.8, 4) is 5.69 Å². The number of carbonyl (C=O) groups is 1. The molecule has 9 heteroatoms. The topological polar surface area (TPSA) is 68.0 Å². The lowest BCUT2D eigenvalue weighted by atomic mass is 10.3. The number of carboxylic acids is 1. The maximum absolute atomic E-state index is 10.6. The van der Waals surface area contributed by atoms with Crippen LogP contribution in [0.3, 0.4) is 0 Å². The van der Waals surface area contributed by atoms with Gasteiger partial charge in [0.05, 0.1) is 21.5 Å². The number of halogens is 3. The second kappa shape index (κ2) is 6.13. The highest BCUT2D eigenvalue weighted by atomic mass is 79.9. The van der Waals surface area contributed by atoms with Crippen LogP contribution < -0.4 is 0 Å². The fraction of sp³-hybridized carbons (Fsp3) is 0.100. The van der Waals surface area contributed by atoms with E-state index in [0.29, 0.717) is 20.9 Å². The van der Waals surface area contributed by atoms with Crippen molar-refractivity contribution in [3.05, 3.63) is 33.0 Å². The van der Waals surface area contributed by atoms with Crippen molar-refractivity contribution in [2.45, 2.75) is 5.16 Å². The molecule has 0 saturated heterocycles. The van der Waals surface area contributed by atoms with E-state index in [0.717, 1.165) is 16.2 Å². The molecule has 1 N–H and O–H groups in total. The number of carboxylic acid groups (broad SMARTS) is 1. The second-order valence-electron chi connectivity index (χ2n) is 3.38. The molecular weight excluding hydrogens is 377 g/mol. The van der Waals surface area contributed by atoms with Gasteiger partial charge in [-0.15, -0.1) is 10.2 Å². The number of hydrogen-bond acceptors (Lipinski definition) is 4. The number of aliphatic carboxylic acids is 1. The third kappa shape index (κ3) is 3.42. The zero-order chi connectivity index (χ0) is 14.0. The minimum absolute atomic E-state index is 0.121. The Bertz CT molecular complexity index is 612. The maximum Gasteiger partial charge on any atom is 0.313 e. The summed E-state index contributed by atoms with van der Waals surface area (Å²) in [5.41, 5.74) is 0.518. The normalized spacial score (nSPS) is 10.7. The molecule has 0 unspecified atom stereocenters. The summed E-state index contributed by atoms with van der Waals surface area (Å²) in [6, 6.07) is 3.38. The minimum atomic E-state index is -0.937. The zero-order valence-electron chi connectivity index (χ0n) is 9.18. The van der Waals surface area contributed by atoms with Gasteiger partial charge in [-0.1, -0.05) is 50.9 Å². The van der Waals surface area contributed by atoms with Crippen LogP contribution in [0, 0.1) is 0 Å². The number of thioether (sulfide) groups is 1. The van der Waals surface area contributed by atoms with Crippen LogP contribution in [0.1, 0.15) is 0 Å². The van der Waals surface area contributed by atoms with Gasteiger partial charge in [0, 0.05) is 4.47 Å². The van der Waals surface area contributed by atoms with Gasteiger partial charge in [0.1, 0.15) is 6.33 Å². The first-order valence-electron chi connectivity index (χ1n) is 4.88. The molecule has 0 spiro atoms. The quantitative estimate of drug-likeness (QED) is 0.819. The maximum atomic E-state index is 10.6. The molecule has 0 saturated carbocycles. The van der Waals surface area contributed by atoms with Crippen LogP contribution in [0.25, 0.3) is 5.69 Å². The van der Waals surface area contributed by atoms with Crippen LogP contribution in [0.15, 0.2) is 28.1 Å². The summed E-state index contributed by atoms with van der Waals surface area (Å²) in [7, 11) is 0. The Kier molecular flexibility index (Phi) is 4.72. The molecule has 1 heterocycles. The van der Waals surface area contributed by atoms with Crippen LogP contribution in [-0.2, 0) is 4.79 Å². The third-order valence-corrected chi connectivity index (χ3v) is 4.03. The van der Waals surface area contributed by atoms with E-state index < -0.39 is 5.97 Å². The summed E-state index contributed by atoms with van der Waals surface area (Å²) in [4.78, 5) is 10.6. The van der Waals surface area contributed by atoms with Crippen molar-refractivity contribution in [2.24, 2.45) is 0 Å². The Balaban J connectivity index is 2.43. The fourth-order valence-electron chi connectivity index (χ4n) is 1.37. The van der Waals surface area contributed by atoms with Gasteiger partial charge in [0.2, 0.25) is 0 Å². The highest BCUT2D eigenvalue weighted by Crippen LogP contribution is 2.34. The Morgan fingerprint density at radius 2 is 2.05 bits per heavy atom. The molecule has 1 aromatic carbocycles. The van der Waals surface area contributed by atoms with Gasteiger partial charge in [-0.25, -0.2) is 0 Å². The molecule has 100 valence electrons. The van der Waals surface area contributed by atoms with E-state index in [2.05, 4.69) is 26.1 Å². The van der Waals surface area contributed by atoms with Crippen LogP contribution in [-0.4, -0.2) is 31.6 Å². The first-order chi connectivity index (χ1) is 8.99. The Morgan fingerprint density at radius 3 is 2.63 bits per heavy atom. The Morgan fingerprint density at radius 1 is 1.42 bits per heavy atom. The molecule has 0 atom stereocenters. The van der Waals surface area contributed by atoms with E-state index >= 15 is 0 Å². The van der Waals surface area contributed by atoms with E-state index in [1.54, 1.807) is 16.7 Å². The van der Waals surface area contributed by atoms with Crippen LogP contribution in [0.5, 0.6) is 0 Å². The molecule has 19 heavy (non-hydrogen) atoms. The van der Waals surface area contributed by atoms with Crippen molar-refractivity contribution >= 4 is 56.9 Å². The van der Waals surface area contributed by atoms with Gasteiger partial charge < -0.3 is 5.11 Å². The van der Waals surface area contributed by atoms with Gasteiger partial charge in [-0.05, 0) is 12.1 Å². The fourth-order valence-corrected chi connectivity index (χ4v) is 3.39. The van der Waals surface area contributed by atoms with Crippen molar-refractivity contribution in [2.75, 3.05) is 5.75 Å². The average molecular weight is 383 g/mol. The summed E-state index contributed by atoms with van der Waals surface area (Å²) < 4.78 is 2.31. The van der Waals surface area contributed by atoms with Gasteiger partial charge in [0.25, 0.3) is 0 Å². The van der Waals surface area contributed by atoms with E-state index in [-0.39, 0.29) is 5.75 Å². The highest BCUT2D eigenvalue weighted by Gasteiger charge is 2.15. The molecule has 0 aliphatic heterocycles. The first kappa shape index (κ1) is 14.6. The number of benzene rings is 1. The number of nitrogens with zero attached hydrogens (tertiary/aromatic N) is 3. The number of rotatable bonds is 4. The minimum Gasteiger partial charge on any atom is -0.481 e. The predicted octanol–water partition coefficient (Wildman–Crippen LogP) is 3.51. The molecular formula is C10H6BrCl2N3O2S. The van der Waals surface area contributed by atoms with E-state index in [4.69, 9.17) is 28.3 Å². The third-order valence-electron chi connectivity index (χ3n) is 2.06. The lowest BCUT2D eigenvalue weighted by Gasteiger charge is -2.10. The molecule has 0 radical (unpaired) electrons. The van der Waals surface area contributed by atoms with Gasteiger partial charge >= 0.3 is 5.97 Å². The van der Waals surface area contributed by atoms with Gasteiger partial charge in [-0.3, -0.25) is 9.36 Å². The molecule has 5 nitrogen and oxygen atoms in total. The first-order valence-corrected chi connectivity index (χ1v) is 7.42. The van der Waals surface area contributed by atoms with Crippen molar-refractivity contribution in [1.82, 2.24) is 14.8 Å². The SMILES string of the molecule is O=C(O)CSc1nncn1-c1c(Cl)cc(Br)cc1Cl. The average Bonchev–Trinajstić information content (AvgIpc) is 2.73. The molecule has 0 fully saturated rings. The van der Waals surface area contributed by atoms with Crippen LogP contribution in [0.4, 0.5) is 0 Å².